The number of benzene rings is 2. The first-order chi connectivity index (χ1) is 16.2. The Kier molecular flexibility index (Phi) is 7.42. The molecule has 182 valence electrons. The molecule has 1 fully saturated rings. The van der Waals surface area contributed by atoms with E-state index in [0.29, 0.717) is 17.7 Å². The number of halogens is 3. The summed E-state index contributed by atoms with van der Waals surface area (Å²) in [6, 6.07) is 8.90. The highest BCUT2D eigenvalue weighted by Gasteiger charge is 2.34. The van der Waals surface area contributed by atoms with Gasteiger partial charge in [0.05, 0.1) is 10.7 Å². The highest BCUT2D eigenvalue weighted by Crippen LogP contribution is 2.38. The van der Waals surface area contributed by atoms with E-state index < -0.39 is 20.7 Å². The van der Waals surface area contributed by atoms with E-state index >= 15 is 0 Å². The first kappa shape index (κ1) is 24.8. The molecule has 1 saturated carbocycles. The van der Waals surface area contributed by atoms with Crippen LogP contribution in [0.25, 0.3) is 0 Å². The molecule has 4 rings (SSSR count). The molecule has 3 aromatic rings. The highest BCUT2D eigenvalue weighted by atomic mass is 35.5. The van der Waals surface area contributed by atoms with E-state index in [1.54, 1.807) is 17.5 Å². The molecular weight excluding hydrogens is 502 g/mol. The number of hydrogen-bond donors (Lipinski definition) is 2. The van der Waals surface area contributed by atoms with Gasteiger partial charge >= 0.3 is 0 Å². The van der Waals surface area contributed by atoms with Crippen LogP contribution < -0.4 is 10.0 Å². The van der Waals surface area contributed by atoms with Crippen LogP contribution in [0.1, 0.15) is 30.7 Å². The van der Waals surface area contributed by atoms with Crippen LogP contribution in [0.5, 0.6) is 0 Å². The Balaban J connectivity index is 1.59. The molecule has 0 radical (unpaired) electrons. The summed E-state index contributed by atoms with van der Waals surface area (Å²) < 4.78 is 56.9. The van der Waals surface area contributed by atoms with Crippen LogP contribution in [0.2, 0.25) is 5.02 Å². The summed E-state index contributed by atoms with van der Waals surface area (Å²) in [5.74, 6) is -1.17. The highest BCUT2D eigenvalue weighted by molar-refractivity contribution is 7.93. The van der Waals surface area contributed by atoms with Crippen molar-refractivity contribution >= 4 is 43.8 Å². The molecule has 1 heterocycles. The predicted octanol–water partition coefficient (Wildman–Crippen LogP) is 5.55. The topological polar surface area (TPSA) is 74.3 Å². The molecule has 0 amide bonds. The van der Waals surface area contributed by atoms with Gasteiger partial charge in [-0.1, -0.05) is 29.8 Å². The van der Waals surface area contributed by atoms with Crippen LogP contribution in [0.15, 0.2) is 52.9 Å². The third-order valence-electron chi connectivity index (χ3n) is 6.13. The summed E-state index contributed by atoms with van der Waals surface area (Å²) in [6.45, 7) is 0. The van der Waals surface area contributed by atoms with E-state index in [2.05, 4.69) is 19.9 Å². The molecule has 2 N–H and O–H groups in total. The average Bonchev–Trinajstić information content (AvgIpc) is 3.28. The van der Waals surface area contributed by atoms with Crippen molar-refractivity contribution < 1.29 is 17.2 Å². The summed E-state index contributed by atoms with van der Waals surface area (Å²) >= 11 is 7.49. The van der Waals surface area contributed by atoms with Gasteiger partial charge < -0.3 is 10.2 Å². The third kappa shape index (κ3) is 5.35. The predicted molar refractivity (Wildman–Crippen MR) is 132 cm³/mol. The van der Waals surface area contributed by atoms with Crippen LogP contribution >= 0.6 is 22.9 Å². The van der Waals surface area contributed by atoms with E-state index in [1.807, 2.05) is 20.2 Å². The van der Waals surface area contributed by atoms with Gasteiger partial charge in [0.2, 0.25) is 0 Å². The van der Waals surface area contributed by atoms with E-state index in [4.69, 9.17) is 11.6 Å². The smallest absolute Gasteiger partial charge is 0.266 e. The number of thiazole rings is 1. The standard InChI is InChI=1S/C23H25ClF2N4O2S2/c1-30(2)21-8-7-14(15-5-3-4-6-17(15)25)11-20(21)28-19-13-18(26)22(12-16(19)24)34(31,32)29-23-27-9-10-33-23/h3-6,9-10,12-14,20-21,28H,7-8,11H2,1-2H3,(H,27,29)/t14-,20-,21-/m0/s1. The Morgan fingerprint density at radius 3 is 2.59 bits per heavy atom. The Morgan fingerprint density at radius 2 is 1.91 bits per heavy atom. The van der Waals surface area contributed by atoms with Crippen LogP contribution in [-0.2, 0) is 10.0 Å². The maximum absolute atomic E-state index is 15.0. The molecule has 1 aromatic heterocycles. The number of sulfonamides is 1. The maximum Gasteiger partial charge on any atom is 0.266 e. The Hall–Kier alpha value is -2.27. The van der Waals surface area contributed by atoms with Crippen molar-refractivity contribution in [3.63, 3.8) is 0 Å². The number of hydrogen-bond acceptors (Lipinski definition) is 6. The lowest BCUT2D eigenvalue weighted by Gasteiger charge is -2.41. The molecule has 0 saturated heterocycles. The summed E-state index contributed by atoms with van der Waals surface area (Å²) in [4.78, 5) is 5.39. The Bertz CT molecular complexity index is 1260. The second kappa shape index (κ2) is 10.2. The lowest BCUT2D eigenvalue weighted by atomic mass is 9.78. The molecule has 3 atom stereocenters. The van der Waals surface area contributed by atoms with Gasteiger partial charge in [0.15, 0.2) is 5.13 Å². The van der Waals surface area contributed by atoms with Gasteiger partial charge in [-0.15, -0.1) is 11.3 Å². The van der Waals surface area contributed by atoms with Crippen molar-refractivity contribution in [2.24, 2.45) is 0 Å². The fourth-order valence-corrected chi connectivity index (χ4v) is 6.66. The monoisotopic (exact) mass is 526 g/mol. The van der Waals surface area contributed by atoms with Gasteiger partial charge in [-0.2, -0.15) is 0 Å². The number of nitrogens with one attached hydrogen (secondary N) is 2. The maximum atomic E-state index is 15.0. The number of aromatic nitrogens is 1. The number of rotatable bonds is 7. The zero-order chi connectivity index (χ0) is 24.5. The largest absolute Gasteiger partial charge is 0.379 e. The van der Waals surface area contributed by atoms with Crippen molar-refractivity contribution in [3.8, 4) is 0 Å². The summed E-state index contributed by atoms with van der Waals surface area (Å²) in [7, 11) is -0.273. The van der Waals surface area contributed by atoms with Crippen LogP contribution in [0.3, 0.4) is 0 Å². The molecule has 0 aliphatic heterocycles. The molecule has 2 aromatic carbocycles. The first-order valence-corrected chi connectivity index (χ1v) is 13.5. The summed E-state index contributed by atoms with van der Waals surface area (Å²) in [6.07, 6.45) is 3.70. The fourth-order valence-electron chi connectivity index (χ4n) is 4.51. The van der Waals surface area contributed by atoms with Gasteiger partial charge in [0.1, 0.15) is 16.5 Å². The quantitative estimate of drug-likeness (QED) is 0.422. The van der Waals surface area contributed by atoms with Gasteiger partial charge in [0, 0.05) is 23.7 Å². The molecule has 34 heavy (non-hydrogen) atoms. The zero-order valence-corrected chi connectivity index (χ0v) is 21.0. The van der Waals surface area contributed by atoms with Crippen LogP contribution in [-0.4, -0.2) is 44.5 Å². The number of likely N-dealkylation sites (N-methyl/N-ethyl adjacent to an activating group) is 1. The summed E-state index contributed by atoms with van der Waals surface area (Å²) in [5, 5.41) is 5.12. The Morgan fingerprint density at radius 1 is 1.15 bits per heavy atom. The molecule has 11 heteroatoms. The molecule has 0 bridgehead atoms. The van der Waals surface area contributed by atoms with Crippen molar-refractivity contribution in [2.75, 3.05) is 24.1 Å². The fraction of sp³-hybridized carbons (Fsp3) is 0.348. The molecule has 0 unspecified atom stereocenters. The molecule has 1 aliphatic carbocycles. The molecular formula is C23H25ClF2N4O2S2. The second-order valence-electron chi connectivity index (χ2n) is 8.52. The molecule has 6 nitrogen and oxygen atoms in total. The minimum absolute atomic E-state index is 0.000620. The Labute approximate surface area is 207 Å². The summed E-state index contributed by atoms with van der Waals surface area (Å²) in [5.41, 5.74) is 0.955. The minimum Gasteiger partial charge on any atom is -0.379 e. The van der Waals surface area contributed by atoms with E-state index in [-0.39, 0.29) is 34.0 Å². The van der Waals surface area contributed by atoms with Crippen LogP contribution in [0.4, 0.5) is 19.6 Å². The van der Waals surface area contributed by atoms with Crippen LogP contribution in [0, 0.1) is 11.6 Å². The van der Waals surface area contributed by atoms with Crippen molar-refractivity contribution in [3.05, 3.63) is 70.2 Å². The van der Waals surface area contributed by atoms with E-state index in [0.717, 1.165) is 36.3 Å². The van der Waals surface area contributed by atoms with Crippen molar-refractivity contribution in [2.45, 2.75) is 42.2 Å². The average molecular weight is 527 g/mol. The van der Waals surface area contributed by atoms with Gasteiger partial charge in [-0.25, -0.2) is 22.2 Å². The minimum atomic E-state index is -4.20. The van der Waals surface area contributed by atoms with Crippen molar-refractivity contribution in [1.82, 2.24) is 9.88 Å². The number of nitrogens with zero attached hydrogens (tertiary/aromatic N) is 2. The lowest BCUT2D eigenvalue weighted by Crippen LogP contribution is -2.47. The normalized spacial score (nSPS) is 20.9. The second-order valence-corrected chi connectivity index (χ2v) is 11.5. The van der Waals surface area contributed by atoms with E-state index in [9.17, 15) is 17.2 Å². The zero-order valence-electron chi connectivity index (χ0n) is 18.6. The van der Waals surface area contributed by atoms with Gasteiger partial charge in [0.25, 0.3) is 10.0 Å². The third-order valence-corrected chi connectivity index (χ3v) is 8.61. The van der Waals surface area contributed by atoms with Gasteiger partial charge in [-0.3, -0.25) is 4.72 Å². The molecule has 1 aliphatic rings. The molecule has 0 spiro atoms. The van der Waals surface area contributed by atoms with E-state index in [1.165, 1.54) is 12.3 Å². The van der Waals surface area contributed by atoms with Crippen molar-refractivity contribution in [1.29, 1.82) is 0 Å². The first-order valence-electron chi connectivity index (χ1n) is 10.7. The van der Waals surface area contributed by atoms with Gasteiger partial charge in [-0.05, 0) is 63.0 Å². The SMILES string of the molecule is CN(C)[C@H]1CC[C@H](c2ccccc2F)C[C@@H]1Nc1cc(F)c(S(=O)(=O)Nc2nccs2)cc1Cl. The number of anilines is 2. The lowest BCUT2D eigenvalue weighted by molar-refractivity contribution is 0.197.